The third kappa shape index (κ3) is 4.45. The van der Waals surface area contributed by atoms with Crippen LogP contribution in [-0.4, -0.2) is 25.0 Å². The van der Waals surface area contributed by atoms with Crippen molar-refractivity contribution in [3.8, 4) is 11.1 Å². The minimum absolute atomic E-state index is 0.223. The lowest BCUT2D eigenvalue weighted by atomic mass is 9.97. The molecular weight excluding hydrogens is 342 g/mol. The Morgan fingerprint density at radius 2 is 1.88 bits per heavy atom. The van der Waals surface area contributed by atoms with E-state index in [1.807, 2.05) is 32.0 Å². The molecule has 0 saturated carbocycles. The molecule has 0 radical (unpaired) electrons. The van der Waals surface area contributed by atoms with Crippen molar-refractivity contribution in [3.63, 3.8) is 0 Å². The van der Waals surface area contributed by atoms with Crippen molar-refractivity contribution >= 4 is 34.2 Å². The highest BCUT2D eigenvalue weighted by atomic mass is 32.1. The molecule has 6 nitrogen and oxygen atoms in total. The second-order valence-electron chi connectivity index (χ2n) is 5.58. The number of ether oxygens (including phenoxy) is 1. The summed E-state index contributed by atoms with van der Waals surface area (Å²) < 4.78 is 4.86. The number of carbonyl (C=O) groups is 3. The van der Waals surface area contributed by atoms with E-state index < -0.39 is 17.8 Å². The second kappa shape index (κ2) is 7.94. The molecule has 7 heteroatoms. The van der Waals surface area contributed by atoms with Crippen LogP contribution >= 0.6 is 11.3 Å². The van der Waals surface area contributed by atoms with Crippen LogP contribution in [-0.2, 0) is 14.3 Å². The molecule has 25 heavy (non-hydrogen) atoms. The molecule has 1 heterocycles. The summed E-state index contributed by atoms with van der Waals surface area (Å²) in [4.78, 5) is 34.6. The number of aryl methyl sites for hydroxylation is 2. The highest BCUT2D eigenvalue weighted by Crippen LogP contribution is 2.38. The van der Waals surface area contributed by atoms with Gasteiger partial charge in [-0.2, -0.15) is 0 Å². The number of hydrogen-bond acceptors (Lipinski definition) is 6. The Bertz CT molecular complexity index is 825. The number of carbonyl (C=O) groups excluding carboxylic acids is 3. The molecule has 1 amide bonds. The molecule has 2 rings (SSSR count). The molecule has 0 atom stereocenters. The number of methoxy groups -OCH3 is 1. The number of carboxylic acid groups (broad SMARTS) is 1. The molecule has 0 saturated heterocycles. The molecule has 2 aromatic rings. The van der Waals surface area contributed by atoms with Crippen molar-refractivity contribution in [2.75, 3.05) is 12.4 Å². The van der Waals surface area contributed by atoms with Crippen molar-refractivity contribution < 1.29 is 24.2 Å². The molecule has 0 fully saturated rings. The summed E-state index contributed by atoms with van der Waals surface area (Å²) in [6.07, 6.45) is -0.603. The Morgan fingerprint density at radius 1 is 1.16 bits per heavy atom. The van der Waals surface area contributed by atoms with E-state index >= 15 is 0 Å². The maximum absolute atomic E-state index is 12.3. The average molecular weight is 360 g/mol. The lowest BCUT2D eigenvalue weighted by Crippen LogP contribution is -2.24. The summed E-state index contributed by atoms with van der Waals surface area (Å²) in [5, 5.41) is 15.2. The monoisotopic (exact) mass is 360 g/mol. The van der Waals surface area contributed by atoms with Gasteiger partial charge in [-0.25, -0.2) is 4.79 Å². The number of nitrogens with one attached hydrogen (secondary N) is 1. The Kier molecular flexibility index (Phi) is 5.93. The van der Waals surface area contributed by atoms with Crippen molar-refractivity contribution in [2.45, 2.75) is 26.7 Å². The number of hydrogen-bond donors (Lipinski definition) is 1. The fourth-order valence-corrected chi connectivity index (χ4v) is 3.35. The maximum atomic E-state index is 12.3. The quantitative estimate of drug-likeness (QED) is 0.798. The smallest absolute Gasteiger partial charge is 0.341 e. The first-order valence-corrected chi connectivity index (χ1v) is 8.48. The Labute approximate surface area is 149 Å². The lowest BCUT2D eigenvalue weighted by molar-refractivity contribution is -0.305. The van der Waals surface area contributed by atoms with Crippen LogP contribution in [0.25, 0.3) is 11.1 Å². The number of amides is 1. The molecule has 0 aliphatic carbocycles. The minimum Gasteiger partial charge on any atom is -0.550 e. The molecule has 132 valence electrons. The zero-order valence-corrected chi connectivity index (χ0v) is 15.0. The normalized spacial score (nSPS) is 10.4. The van der Waals surface area contributed by atoms with Gasteiger partial charge in [-0.15, -0.1) is 11.3 Å². The van der Waals surface area contributed by atoms with Crippen LogP contribution in [0.15, 0.2) is 23.6 Å². The van der Waals surface area contributed by atoms with Gasteiger partial charge in [0, 0.05) is 23.3 Å². The van der Waals surface area contributed by atoms with E-state index in [0.29, 0.717) is 10.6 Å². The van der Waals surface area contributed by atoms with E-state index in [0.717, 1.165) is 16.7 Å². The van der Waals surface area contributed by atoms with Gasteiger partial charge in [0.15, 0.2) is 0 Å². The van der Waals surface area contributed by atoms with E-state index in [2.05, 4.69) is 5.32 Å². The SMILES string of the molecule is COC(=O)c1c(-c2cc(C)ccc2C)csc1NC(=O)CCC(=O)[O-]. The molecule has 0 unspecified atom stereocenters. The van der Waals surface area contributed by atoms with Gasteiger partial charge >= 0.3 is 5.97 Å². The summed E-state index contributed by atoms with van der Waals surface area (Å²) in [5.41, 5.74) is 3.86. The largest absolute Gasteiger partial charge is 0.550 e. The van der Waals surface area contributed by atoms with Crippen LogP contribution < -0.4 is 10.4 Å². The van der Waals surface area contributed by atoms with Gasteiger partial charge in [0.05, 0.1) is 7.11 Å². The number of anilines is 1. The molecule has 0 bridgehead atoms. The third-order valence-electron chi connectivity index (χ3n) is 3.67. The number of aliphatic carboxylic acids is 1. The van der Waals surface area contributed by atoms with Crippen molar-refractivity contribution in [3.05, 3.63) is 40.3 Å². The van der Waals surface area contributed by atoms with Crippen LogP contribution in [0.2, 0.25) is 0 Å². The van der Waals surface area contributed by atoms with Crippen molar-refractivity contribution in [1.29, 1.82) is 0 Å². The Balaban J connectivity index is 2.41. The van der Waals surface area contributed by atoms with E-state index in [4.69, 9.17) is 4.74 Å². The van der Waals surface area contributed by atoms with Crippen LogP contribution in [0.5, 0.6) is 0 Å². The number of benzene rings is 1. The van der Waals surface area contributed by atoms with E-state index in [1.165, 1.54) is 18.4 Å². The molecule has 0 aliphatic rings. The Hall–Kier alpha value is -2.67. The number of esters is 1. The first-order chi connectivity index (χ1) is 11.8. The first-order valence-electron chi connectivity index (χ1n) is 7.60. The fourth-order valence-electron chi connectivity index (χ4n) is 2.38. The average Bonchev–Trinajstić information content (AvgIpc) is 2.97. The minimum atomic E-state index is -1.30. The standard InChI is InChI=1S/C18H19NO5S/c1-10-4-5-11(2)12(8-10)13-9-25-17(16(13)18(23)24-3)19-14(20)6-7-15(21)22/h4-5,8-9H,6-7H2,1-3H3,(H,19,20)(H,21,22)/p-1. The van der Waals surface area contributed by atoms with Crippen molar-refractivity contribution in [1.82, 2.24) is 0 Å². The van der Waals surface area contributed by atoms with Crippen LogP contribution in [0.4, 0.5) is 5.00 Å². The third-order valence-corrected chi connectivity index (χ3v) is 4.57. The van der Waals surface area contributed by atoms with E-state index in [-0.39, 0.29) is 18.4 Å². The summed E-state index contributed by atoms with van der Waals surface area (Å²) in [6, 6.07) is 5.90. The molecule has 0 spiro atoms. The zero-order valence-electron chi connectivity index (χ0n) is 14.2. The predicted molar refractivity (Wildman–Crippen MR) is 93.4 cm³/mol. The summed E-state index contributed by atoms with van der Waals surface area (Å²) in [7, 11) is 1.27. The number of thiophene rings is 1. The van der Waals surface area contributed by atoms with Crippen LogP contribution in [0, 0.1) is 13.8 Å². The maximum Gasteiger partial charge on any atom is 0.341 e. The zero-order chi connectivity index (χ0) is 18.6. The molecule has 1 aromatic carbocycles. The highest BCUT2D eigenvalue weighted by Gasteiger charge is 2.23. The lowest BCUT2D eigenvalue weighted by Gasteiger charge is -2.10. The van der Waals surface area contributed by atoms with Gasteiger partial charge in [0.2, 0.25) is 5.91 Å². The van der Waals surface area contributed by atoms with Gasteiger partial charge in [-0.3, -0.25) is 4.79 Å². The summed E-state index contributed by atoms with van der Waals surface area (Å²) in [6.45, 7) is 3.89. The van der Waals surface area contributed by atoms with Gasteiger partial charge in [-0.1, -0.05) is 23.8 Å². The first kappa shape index (κ1) is 18.7. The molecular formula is C18H18NO5S-. The fraction of sp³-hybridized carbons (Fsp3) is 0.278. The second-order valence-corrected chi connectivity index (χ2v) is 6.46. The summed E-state index contributed by atoms with van der Waals surface area (Å²) in [5.74, 6) is -2.36. The molecule has 1 N–H and O–H groups in total. The van der Waals surface area contributed by atoms with Crippen LogP contribution in [0.3, 0.4) is 0 Å². The van der Waals surface area contributed by atoms with E-state index in [9.17, 15) is 19.5 Å². The van der Waals surface area contributed by atoms with Gasteiger partial charge < -0.3 is 20.0 Å². The highest BCUT2D eigenvalue weighted by molar-refractivity contribution is 7.15. The molecule has 1 aromatic heterocycles. The van der Waals surface area contributed by atoms with Crippen molar-refractivity contribution in [2.24, 2.45) is 0 Å². The molecule has 0 aliphatic heterocycles. The topological polar surface area (TPSA) is 95.5 Å². The Morgan fingerprint density at radius 3 is 2.52 bits per heavy atom. The predicted octanol–water partition coefficient (Wildman–Crippen LogP) is 2.29. The number of carboxylic acids is 1. The summed E-state index contributed by atoms with van der Waals surface area (Å²) >= 11 is 1.20. The van der Waals surface area contributed by atoms with Gasteiger partial charge in [-0.05, 0) is 31.4 Å². The van der Waals surface area contributed by atoms with Crippen LogP contribution in [0.1, 0.15) is 34.3 Å². The van der Waals surface area contributed by atoms with E-state index in [1.54, 1.807) is 5.38 Å². The number of rotatable bonds is 6. The van der Waals surface area contributed by atoms with Gasteiger partial charge in [0.25, 0.3) is 0 Å². The van der Waals surface area contributed by atoms with Gasteiger partial charge in [0.1, 0.15) is 10.6 Å².